The number of anilines is 2. The average Bonchev–Trinajstić information content (AvgIpc) is 3.16. The number of hydrogen-bond acceptors (Lipinski definition) is 9. The summed E-state index contributed by atoms with van der Waals surface area (Å²) in [5.41, 5.74) is 1.22. The van der Waals surface area contributed by atoms with E-state index in [1.165, 1.54) is 26.6 Å². The van der Waals surface area contributed by atoms with E-state index in [4.69, 9.17) is 14.2 Å². The van der Waals surface area contributed by atoms with Gasteiger partial charge < -0.3 is 24.6 Å². The van der Waals surface area contributed by atoms with Crippen LogP contribution in [0.3, 0.4) is 0 Å². The molecule has 2 heterocycles. The molecule has 0 radical (unpaired) electrons. The zero-order chi connectivity index (χ0) is 19.8. The first-order valence-electron chi connectivity index (χ1n) is 8.29. The van der Waals surface area contributed by atoms with Crippen LogP contribution >= 0.6 is 0 Å². The molecule has 0 saturated carbocycles. The predicted octanol–water partition coefficient (Wildman–Crippen LogP) is 2.81. The van der Waals surface area contributed by atoms with Crippen LogP contribution in [-0.4, -0.2) is 40.8 Å². The lowest BCUT2D eigenvalue weighted by Crippen LogP contribution is -2.11. The minimum Gasteiger partial charge on any atom is -0.507 e. The van der Waals surface area contributed by atoms with E-state index < -0.39 is 11.0 Å². The van der Waals surface area contributed by atoms with Gasteiger partial charge in [0.25, 0.3) is 6.04 Å². The van der Waals surface area contributed by atoms with Crippen molar-refractivity contribution in [2.45, 2.75) is 6.04 Å². The Bertz CT molecular complexity index is 1090. The number of benzene rings is 2. The van der Waals surface area contributed by atoms with Gasteiger partial charge in [-0.3, -0.25) is 10.1 Å². The van der Waals surface area contributed by atoms with Gasteiger partial charge in [-0.15, -0.1) is 0 Å². The summed E-state index contributed by atoms with van der Waals surface area (Å²) in [5.74, 6) is 1.54. The Labute approximate surface area is 158 Å². The van der Waals surface area contributed by atoms with Gasteiger partial charge in [-0.05, 0) is 18.2 Å². The van der Waals surface area contributed by atoms with Crippen molar-refractivity contribution in [2.24, 2.45) is 0 Å². The molecule has 2 aromatic carbocycles. The predicted molar refractivity (Wildman–Crippen MR) is 99.3 cm³/mol. The van der Waals surface area contributed by atoms with Crippen LogP contribution in [0.5, 0.6) is 23.0 Å². The van der Waals surface area contributed by atoms with Gasteiger partial charge in [0.15, 0.2) is 23.9 Å². The Balaban J connectivity index is 1.81. The number of phenolic OH excluding ortho intramolecular Hbond substituents is 1. The third-order valence-electron chi connectivity index (χ3n) is 4.54. The van der Waals surface area contributed by atoms with Gasteiger partial charge in [0.05, 0.1) is 25.4 Å². The molecule has 0 amide bonds. The Morgan fingerprint density at radius 1 is 1.25 bits per heavy atom. The van der Waals surface area contributed by atoms with Crippen molar-refractivity contribution in [1.82, 2.24) is 9.97 Å². The molecule has 0 aliphatic carbocycles. The first kappa shape index (κ1) is 17.6. The second kappa shape index (κ2) is 6.72. The fraction of sp³-hybridized carbons (Fsp3) is 0.222. The van der Waals surface area contributed by atoms with Crippen molar-refractivity contribution >= 4 is 22.4 Å². The summed E-state index contributed by atoms with van der Waals surface area (Å²) in [5, 5.41) is 25.1. The monoisotopic (exact) mass is 384 g/mol. The molecule has 2 N–H and O–H groups in total. The molecular weight excluding hydrogens is 368 g/mol. The Kier molecular flexibility index (Phi) is 4.22. The van der Waals surface area contributed by atoms with Crippen molar-refractivity contribution in [3.05, 3.63) is 46.3 Å². The molecule has 10 heteroatoms. The molecule has 0 fully saturated rings. The van der Waals surface area contributed by atoms with E-state index in [0.29, 0.717) is 33.9 Å². The quantitative estimate of drug-likeness (QED) is 0.387. The van der Waals surface area contributed by atoms with Crippen LogP contribution in [0.15, 0.2) is 30.6 Å². The summed E-state index contributed by atoms with van der Waals surface area (Å²) in [6.07, 6.45) is 1.39. The Hall–Kier alpha value is -3.82. The van der Waals surface area contributed by atoms with Crippen LogP contribution in [0.1, 0.15) is 11.6 Å². The van der Waals surface area contributed by atoms with Gasteiger partial charge in [-0.1, -0.05) is 0 Å². The highest BCUT2D eigenvalue weighted by molar-refractivity contribution is 5.93. The van der Waals surface area contributed by atoms with E-state index in [-0.39, 0.29) is 23.7 Å². The number of hydrogen-bond donors (Lipinski definition) is 2. The Morgan fingerprint density at radius 2 is 2.00 bits per heavy atom. The number of ether oxygens (including phenoxy) is 3. The molecule has 28 heavy (non-hydrogen) atoms. The highest BCUT2D eigenvalue weighted by Gasteiger charge is 2.38. The smallest absolute Gasteiger partial charge is 0.278 e. The third kappa shape index (κ3) is 2.75. The maximum Gasteiger partial charge on any atom is 0.278 e. The van der Waals surface area contributed by atoms with Crippen molar-refractivity contribution in [3.63, 3.8) is 0 Å². The number of fused-ring (bicyclic) bond motifs is 2. The molecule has 1 unspecified atom stereocenters. The summed E-state index contributed by atoms with van der Waals surface area (Å²) in [6, 6.07) is 5.30. The highest BCUT2D eigenvalue weighted by Crippen LogP contribution is 2.46. The molecule has 3 aromatic rings. The minimum absolute atomic E-state index is 0.146. The van der Waals surface area contributed by atoms with E-state index >= 15 is 0 Å². The van der Waals surface area contributed by atoms with Gasteiger partial charge in [0.1, 0.15) is 23.5 Å². The van der Waals surface area contributed by atoms with Gasteiger partial charge in [0.2, 0.25) is 0 Å². The second-order valence-corrected chi connectivity index (χ2v) is 6.06. The SMILES string of the molecule is COc1cc2ncnc(Nc3ccc(O)c4c3OCC4[N+](=O)[O-])c2cc1OC. The maximum absolute atomic E-state index is 11.2. The summed E-state index contributed by atoms with van der Waals surface area (Å²) in [7, 11) is 3.06. The van der Waals surface area contributed by atoms with Crippen molar-refractivity contribution < 1.29 is 24.2 Å². The van der Waals surface area contributed by atoms with Crippen molar-refractivity contribution in [1.29, 1.82) is 0 Å². The molecule has 1 atom stereocenters. The van der Waals surface area contributed by atoms with E-state index in [0.717, 1.165) is 0 Å². The van der Waals surface area contributed by atoms with E-state index in [1.54, 1.807) is 18.2 Å². The van der Waals surface area contributed by atoms with Crippen LogP contribution in [0.25, 0.3) is 10.9 Å². The fourth-order valence-electron chi connectivity index (χ4n) is 3.19. The largest absolute Gasteiger partial charge is 0.507 e. The van der Waals surface area contributed by atoms with E-state index in [9.17, 15) is 15.2 Å². The van der Waals surface area contributed by atoms with Crippen LogP contribution < -0.4 is 19.5 Å². The topological polar surface area (TPSA) is 129 Å². The van der Waals surface area contributed by atoms with Gasteiger partial charge in [-0.2, -0.15) is 0 Å². The van der Waals surface area contributed by atoms with Crippen LogP contribution in [0, 0.1) is 10.1 Å². The zero-order valence-electron chi connectivity index (χ0n) is 15.0. The van der Waals surface area contributed by atoms with Gasteiger partial charge in [0, 0.05) is 16.4 Å². The number of nitrogens with one attached hydrogen (secondary N) is 1. The standard InChI is InChI=1S/C18H16N4O6/c1-26-14-5-9-11(6-15(14)27-2)19-8-20-18(9)21-10-3-4-13(23)16-12(22(24)25)7-28-17(10)16/h3-6,8,12,23H,7H2,1-2H3,(H,19,20,21). The molecule has 0 bridgehead atoms. The number of rotatable bonds is 5. The van der Waals surface area contributed by atoms with Crippen LogP contribution in [0.2, 0.25) is 0 Å². The third-order valence-corrected chi connectivity index (χ3v) is 4.54. The maximum atomic E-state index is 11.2. The molecule has 0 spiro atoms. The molecular formula is C18H16N4O6. The van der Waals surface area contributed by atoms with E-state index in [1.807, 2.05) is 0 Å². The molecule has 1 aliphatic rings. The van der Waals surface area contributed by atoms with Crippen molar-refractivity contribution in [3.8, 4) is 23.0 Å². The summed E-state index contributed by atoms with van der Waals surface area (Å²) in [6.45, 7) is -0.149. The summed E-state index contributed by atoms with van der Waals surface area (Å²) in [4.78, 5) is 19.3. The van der Waals surface area contributed by atoms with Gasteiger partial charge in [-0.25, -0.2) is 9.97 Å². The lowest BCUT2D eigenvalue weighted by atomic mass is 10.1. The second-order valence-electron chi connectivity index (χ2n) is 6.06. The highest BCUT2D eigenvalue weighted by atomic mass is 16.6. The summed E-state index contributed by atoms with van der Waals surface area (Å²) < 4.78 is 16.1. The number of aromatic nitrogens is 2. The van der Waals surface area contributed by atoms with Crippen LogP contribution in [-0.2, 0) is 0 Å². The van der Waals surface area contributed by atoms with Crippen molar-refractivity contribution in [2.75, 3.05) is 26.1 Å². The molecule has 144 valence electrons. The average molecular weight is 384 g/mol. The normalized spacial score (nSPS) is 15.0. The number of methoxy groups -OCH3 is 2. The lowest BCUT2D eigenvalue weighted by molar-refractivity contribution is -0.528. The van der Waals surface area contributed by atoms with Gasteiger partial charge >= 0.3 is 0 Å². The first-order chi connectivity index (χ1) is 13.5. The summed E-state index contributed by atoms with van der Waals surface area (Å²) >= 11 is 0. The number of nitrogens with zero attached hydrogens (tertiary/aromatic N) is 3. The number of aromatic hydroxyl groups is 1. The van der Waals surface area contributed by atoms with Crippen LogP contribution in [0.4, 0.5) is 11.5 Å². The molecule has 0 saturated heterocycles. The Morgan fingerprint density at radius 3 is 2.71 bits per heavy atom. The minimum atomic E-state index is -1.12. The van der Waals surface area contributed by atoms with E-state index in [2.05, 4.69) is 15.3 Å². The zero-order valence-corrected chi connectivity index (χ0v) is 15.0. The fourth-order valence-corrected chi connectivity index (χ4v) is 3.19. The molecule has 1 aromatic heterocycles. The molecule has 4 rings (SSSR count). The molecule has 1 aliphatic heterocycles. The number of nitro groups is 1. The number of phenols is 1. The first-order valence-corrected chi connectivity index (χ1v) is 8.29. The molecule has 10 nitrogen and oxygen atoms in total. The lowest BCUT2D eigenvalue weighted by Gasteiger charge is -2.14.